The number of cyclic esters (lactones) is 1. The second kappa shape index (κ2) is 13.8. The van der Waals surface area contributed by atoms with Gasteiger partial charge in [0.2, 0.25) is 11.8 Å². The number of anilines is 2. The molecule has 4 rings (SSSR count). The highest BCUT2D eigenvalue weighted by Crippen LogP contribution is 2.26. The number of benzene rings is 2. The molecule has 1 aromatic heterocycles. The maximum Gasteiger partial charge on any atom is 0.416 e. The second-order valence-corrected chi connectivity index (χ2v) is 9.80. The Morgan fingerprint density at radius 3 is 2.36 bits per heavy atom. The van der Waals surface area contributed by atoms with Crippen LogP contribution in [-0.4, -0.2) is 45.9 Å². The molecule has 2 bridgehead atoms. The molecule has 2 atom stereocenters. The van der Waals surface area contributed by atoms with Crippen molar-refractivity contribution in [2.24, 2.45) is 5.92 Å². The number of aliphatic hydroxyl groups excluding tert-OH is 1. The average Bonchev–Trinajstić information content (AvgIpc) is 3.05. The number of carbonyl (C=O) groups is 3. The third-order valence-electron chi connectivity index (χ3n) is 6.12. The molecule has 1 aliphatic rings. The first-order chi connectivity index (χ1) is 19.8. The van der Waals surface area contributed by atoms with Gasteiger partial charge in [0.25, 0.3) is 5.56 Å². The number of rotatable bonds is 7. The first-order valence-electron chi connectivity index (χ1n) is 12.9. The number of aliphatic hydroxyl groups is 1. The van der Waals surface area contributed by atoms with Crippen LogP contribution in [-0.2, 0) is 27.5 Å². The van der Waals surface area contributed by atoms with E-state index in [1.165, 1.54) is 32.9 Å². The minimum absolute atomic E-state index is 0.0734. The van der Waals surface area contributed by atoms with Gasteiger partial charge in [-0.1, -0.05) is 56.3 Å². The van der Waals surface area contributed by atoms with Crippen molar-refractivity contribution in [3.8, 4) is 11.3 Å². The fourth-order valence-corrected chi connectivity index (χ4v) is 4.11. The Kier molecular flexibility index (Phi) is 10.5. The average molecular weight is 589 g/mol. The summed E-state index contributed by atoms with van der Waals surface area (Å²) in [7, 11) is 0. The van der Waals surface area contributed by atoms with Gasteiger partial charge in [-0.25, -0.2) is 4.79 Å². The number of aromatic nitrogens is 1. The van der Waals surface area contributed by atoms with E-state index >= 15 is 0 Å². The molecule has 2 unspecified atom stereocenters. The summed E-state index contributed by atoms with van der Waals surface area (Å²) in [6, 6.07) is 17.5. The summed E-state index contributed by atoms with van der Waals surface area (Å²) in [5.74, 6) is -2.11. The van der Waals surface area contributed by atoms with E-state index in [0.717, 1.165) is 15.8 Å². The summed E-state index contributed by atoms with van der Waals surface area (Å²) in [6.07, 6.45) is -8.06. The molecule has 3 amide bonds. The van der Waals surface area contributed by atoms with Gasteiger partial charge in [-0.15, -0.1) is 0 Å². The number of hydrogen-bond acceptors (Lipinski definition) is 6. The Balaban J connectivity index is 0.000000363. The van der Waals surface area contributed by atoms with E-state index in [1.54, 1.807) is 30.3 Å². The van der Waals surface area contributed by atoms with Gasteiger partial charge in [0.1, 0.15) is 18.8 Å². The molecule has 0 saturated heterocycles. The van der Waals surface area contributed by atoms with Gasteiger partial charge in [0.05, 0.1) is 11.7 Å². The van der Waals surface area contributed by atoms with Crippen LogP contribution < -0.4 is 21.5 Å². The highest BCUT2D eigenvalue weighted by atomic mass is 19.4. The molecular weight excluding hydrogens is 557 g/mol. The van der Waals surface area contributed by atoms with Crippen LogP contribution in [0.4, 0.5) is 29.3 Å². The number of hydrogen-bond donors (Lipinski definition) is 4. The molecule has 0 radical (unpaired) electrons. The van der Waals surface area contributed by atoms with Crippen LogP contribution in [0.5, 0.6) is 0 Å². The summed E-state index contributed by atoms with van der Waals surface area (Å²) >= 11 is 0. The number of pyridine rings is 1. The molecule has 224 valence electrons. The lowest BCUT2D eigenvalue weighted by Crippen LogP contribution is -2.53. The molecule has 4 N–H and O–H groups in total. The van der Waals surface area contributed by atoms with Crippen LogP contribution in [0.25, 0.3) is 11.3 Å². The lowest BCUT2D eigenvalue weighted by Gasteiger charge is -2.29. The Hall–Kier alpha value is -4.65. The maximum absolute atomic E-state index is 13.0. The Bertz CT molecular complexity index is 1470. The van der Waals surface area contributed by atoms with Crippen molar-refractivity contribution in [2.75, 3.05) is 10.6 Å². The molecule has 2 heterocycles. The third kappa shape index (κ3) is 8.67. The topological polar surface area (TPSA) is 139 Å². The van der Waals surface area contributed by atoms with Crippen molar-refractivity contribution in [2.45, 2.75) is 52.2 Å². The van der Waals surface area contributed by atoms with Crippen LogP contribution in [0.3, 0.4) is 0 Å². The number of ether oxygens (including phenoxy) is 1. The Morgan fingerprint density at radius 1 is 1.05 bits per heavy atom. The van der Waals surface area contributed by atoms with Crippen molar-refractivity contribution in [1.82, 2.24) is 9.88 Å². The molecular formula is C29H31F3N4O6. The number of nitrogens with one attached hydrogen (secondary N) is 3. The largest absolute Gasteiger partial charge is 0.444 e. The van der Waals surface area contributed by atoms with Gasteiger partial charge in [0.15, 0.2) is 6.10 Å². The molecule has 10 nitrogen and oxygen atoms in total. The van der Waals surface area contributed by atoms with Gasteiger partial charge in [0, 0.05) is 12.6 Å². The van der Waals surface area contributed by atoms with Crippen LogP contribution in [0, 0.1) is 5.92 Å². The van der Waals surface area contributed by atoms with Gasteiger partial charge < -0.3 is 20.5 Å². The van der Waals surface area contributed by atoms with E-state index in [1.807, 2.05) is 24.3 Å². The summed E-state index contributed by atoms with van der Waals surface area (Å²) in [5.41, 5.74) is 1.98. The predicted molar refractivity (Wildman–Crippen MR) is 150 cm³/mol. The monoisotopic (exact) mass is 588 g/mol. The van der Waals surface area contributed by atoms with Gasteiger partial charge in [-0.2, -0.15) is 13.2 Å². The lowest BCUT2D eigenvalue weighted by atomic mass is 9.98. The quantitative estimate of drug-likeness (QED) is 0.325. The molecule has 13 heteroatoms. The van der Waals surface area contributed by atoms with Gasteiger partial charge in [-0.05, 0) is 41.3 Å². The van der Waals surface area contributed by atoms with Crippen molar-refractivity contribution in [1.29, 1.82) is 0 Å². The lowest BCUT2D eigenvalue weighted by molar-refractivity contribution is -0.215. The van der Waals surface area contributed by atoms with Gasteiger partial charge >= 0.3 is 12.3 Å². The summed E-state index contributed by atoms with van der Waals surface area (Å²) < 4.78 is 44.8. The number of amides is 3. The van der Waals surface area contributed by atoms with Gasteiger partial charge in [-0.3, -0.25) is 24.3 Å². The fourth-order valence-electron chi connectivity index (χ4n) is 4.11. The van der Waals surface area contributed by atoms with E-state index < -0.39 is 48.2 Å². The van der Waals surface area contributed by atoms with E-state index in [0.29, 0.717) is 17.9 Å². The van der Waals surface area contributed by atoms with E-state index in [9.17, 15) is 37.5 Å². The number of halogens is 3. The first-order valence-corrected chi connectivity index (χ1v) is 12.9. The molecule has 2 aromatic carbocycles. The van der Waals surface area contributed by atoms with Crippen molar-refractivity contribution in [3.05, 3.63) is 82.6 Å². The first kappa shape index (κ1) is 31.9. The van der Waals surface area contributed by atoms with E-state index in [4.69, 9.17) is 4.74 Å². The zero-order valence-electron chi connectivity index (χ0n) is 23.1. The van der Waals surface area contributed by atoms with Crippen LogP contribution in [0.2, 0.25) is 0 Å². The maximum atomic E-state index is 13.0. The predicted octanol–water partition coefficient (Wildman–Crippen LogP) is 4.29. The highest BCUT2D eigenvalue weighted by molar-refractivity contribution is 5.89. The van der Waals surface area contributed by atoms with Crippen molar-refractivity contribution < 1.29 is 37.4 Å². The Morgan fingerprint density at radius 2 is 1.74 bits per heavy atom. The minimum Gasteiger partial charge on any atom is -0.444 e. The fraction of sp³-hybridized carbons (Fsp3) is 0.310. The summed E-state index contributed by atoms with van der Waals surface area (Å²) in [5, 5.41) is 16.7. The molecule has 0 spiro atoms. The number of carbonyl (C=O) groups excluding carboxylic acids is 3. The normalized spacial score (nSPS) is 13.9. The summed E-state index contributed by atoms with van der Waals surface area (Å²) in [6.45, 7) is 3.83. The van der Waals surface area contributed by atoms with Crippen LogP contribution in [0.15, 0.2) is 71.5 Å². The minimum atomic E-state index is -4.92. The van der Waals surface area contributed by atoms with E-state index in [2.05, 4.69) is 16.0 Å². The molecule has 3 aromatic rings. The molecule has 42 heavy (non-hydrogen) atoms. The number of alkyl halides is 3. The molecule has 0 aliphatic carbocycles. The van der Waals surface area contributed by atoms with Crippen LogP contribution in [0.1, 0.15) is 26.3 Å². The zero-order valence-corrected chi connectivity index (χ0v) is 23.1. The number of nitrogens with zero attached hydrogens (tertiary/aromatic N) is 1. The highest BCUT2D eigenvalue weighted by Gasteiger charge is 2.45. The molecule has 0 fully saturated rings. The SMILES string of the molecule is CC(=O)Nc1ccc(-c2ccccc2)n(CC(=O)NC(C(C)C)C(O)C(F)(F)F)c1=O.O=C1Nc2cccc(c2)CO1. The van der Waals surface area contributed by atoms with Crippen molar-refractivity contribution >= 4 is 29.3 Å². The standard InChI is InChI=1S/C21H24F3N3O4.C8H7NO2/c1-12(2)18(19(30)21(22,23)24)26-17(29)11-27-16(14-7-5-4-6-8-14)10-9-15(20(27)31)25-13(3)28;10-8-9-7-3-1-2-6(4-7)5-11-8/h4-10,12,18-19,30H,11H2,1-3H3,(H,25,28)(H,26,29);1-4H,5H2,(H,9,10). The zero-order chi connectivity index (χ0) is 31.0. The summed E-state index contributed by atoms with van der Waals surface area (Å²) in [4.78, 5) is 47.6. The second-order valence-electron chi connectivity index (χ2n) is 9.80. The van der Waals surface area contributed by atoms with E-state index in [-0.39, 0.29) is 11.8 Å². The smallest absolute Gasteiger partial charge is 0.416 e. The number of fused-ring (bicyclic) bond motifs is 2. The molecule has 0 saturated carbocycles. The third-order valence-corrected chi connectivity index (χ3v) is 6.12. The molecule has 1 aliphatic heterocycles. The van der Waals surface area contributed by atoms with Crippen LogP contribution >= 0.6 is 0 Å². The Labute approximate surface area is 239 Å². The van der Waals surface area contributed by atoms with Crippen molar-refractivity contribution in [3.63, 3.8) is 0 Å².